The highest BCUT2D eigenvalue weighted by molar-refractivity contribution is 5.80. The van der Waals surface area contributed by atoms with Crippen molar-refractivity contribution in [2.45, 2.75) is 63.2 Å². The van der Waals surface area contributed by atoms with Gasteiger partial charge in [0.25, 0.3) is 0 Å². The van der Waals surface area contributed by atoms with Gasteiger partial charge in [-0.3, -0.25) is 4.79 Å². The van der Waals surface area contributed by atoms with E-state index in [4.69, 9.17) is 10.5 Å². The molecule has 0 heterocycles. The molecule has 2 rings (SSSR count). The van der Waals surface area contributed by atoms with Crippen molar-refractivity contribution in [2.24, 2.45) is 5.73 Å². The highest BCUT2D eigenvalue weighted by atomic mass is 16.5. The Bertz CT molecular complexity index is 258. The second-order valence-electron chi connectivity index (χ2n) is 5.14. The number of rotatable bonds is 5. The monoisotopic (exact) mass is 226 g/mol. The summed E-state index contributed by atoms with van der Waals surface area (Å²) >= 11 is 0. The molecule has 0 saturated heterocycles. The first-order valence-corrected chi connectivity index (χ1v) is 6.33. The van der Waals surface area contributed by atoms with Crippen molar-refractivity contribution in [3.05, 3.63) is 0 Å². The van der Waals surface area contributed by atoms with Gasteiger partial charge in [-0.2, -0.15) is 0 Å². The average molecular weight is 226 g/mol. The van der Waals surface area contributed by atoms with Gasteiger partial charge in [-0.05, 0) is 32.6 Å². The standard InChI is InChI=1S/C12H22N2O2/c1-9(11(15)14-10-4-5-10)16-12(8-13)6-2-3-7-12/h9-10H,2-8,13H2,1H3,(H,14,15). The van der Waals surface area contributed by atoms with Gasteiger partial charge in [0.1, 0.15) is 6.10 Å². The zero-order valence-electron chi connectivity index (χ0n) is 10.00. The predicted molar refractivity (Wildman–Crippen MR) is 62.0 cm³/mol. The van der Waals surface area contributed by atoms with Gasteiger partial charge in [0.2, 0.25) is 5.91 Å². The van der Waals surface area contributed by atoms with Crippen molar-refractivity contribution in [3.63, 3.8) is 0 Å². The molecule has 0 aromatic rings. The molecule has 0 radical (unpaired) electrons. The molecule has 4 heteroatoms. The van der Waals surface area contributed by atoms with Gasteiger partial charge in [0.15, 0.2) is 0 Å². The average Bonchev–Trinajstić information content (AvgIpc) is 2.96. The molecule has 4 nitrogen and oxygen atoms in total. The lowest BCUT2D eigenvalue weighted by molar-refractivity contribution is -0.144. The Hall–Kier alpha value is -0.610. The summed E-state index contributed by atoms with van der Waals surface area (Å²) in [7, 11) is 0. The van der Waals surface area contributed by atoms with E-state index in [1.165, 1.54) is 0 Å². The molecule has 2 saturated carbocycles. The first kappa shape index (κ1) is 11.9. The number of nitrogens with one attached hydrogen (secondary N) is 1. The van der Waals surface area contributed by atoms with Gasteiger partial charge < -0.3 is 15.8 Å². The number of carbonyl (C=O) groups is 1. The van der Waals surface area contributed by atoms with Crippen LogP contribution in [0.15, 0.2) is 0 Å². The molecule has 3 N–H and O–H groups in total. The third-order valence-corrected chi connectivity index (χ3v) is 3.61. The van der Waals surface area contributed by atoms with E-state index in [-0.39, 0.29) is 17.6 Å². The van der Waals surface area contributed by atoms with E-state index >= 15 is 0 Å². The molecular weight excluding hydrogens is 204 g/mol. The Balaban J connectivity index is 1.83. The van der Waals surface area contributed by atoms with E-state index in [1.807, 2.05) is 6.92 Å². The highest BCUT2D eigenvalue weighted by Crippen LogP contribution is 2.33. The lowest BCUT2D eigenvalue weighted by Crippen LogP contribution is -2.45. The molecule has 0 aromatic heterocycles. The van der Waals surface area contributed by atoms with Crippen LogP contribution in [0.2, 0.25) is 0 Å². The van der Waals surface area contributed by atoms with Crippen molar-refractivity contribution in [2.75, 3.05) is 6.54 Å². The van der Waals surface area contributed by atoms with Crippen molar-refractivity contribution < 1.29 is 9.53 Å². The minimum Gasteiger partial charge on any atom is -0.361 e. The summed E-state index contributed by atoms with van der Waals surface area (Å²) in [5.74, 6) is 0.0159. The SMILES string of the molecule is CC(OC1(CN)CCCC1)C(=O)NC1CC1. The van der Waals surface area contributed by atoms with Gasteiger partial charge in [0.05, 0.1) is 5.60 Å². The maximum atomic E-state index is 11.8. The summed E-state index contributed by atoms with van der Waals surface area (Å²) in [6.07, 6.45) is 6.15. The number of amides is 1. The van der Waals surface area contributed by atoms with Crippen LogP contribution in [0, 0.1) is 0 Å². The molecule has 2 fully saturated rings. The number of carbonyl (C=O) groups excluding carboxylic acids is 1. The minimum atomic E-state index is -0.373. The predicted octanol–water partition coefficient (Wildman–Crippen LogP) is 0.942. The summed E-state index contributed by atoms with van der Waals surface area (Å²) < 4.78 is 5.90. The lowest BCUT2D eigenvalue weighted by atomic mass is 10.0. The van der Waals surface area contributed by atoms with E-state index < -0.39 is 0 Å². The van der Waals surface area contributed by atoms with Crippen LogP contribution < -0.4 is 11.1 Å². The summed E-state index contributed by atoms with van der Waals surface area (Å²) in [4.78, 5) is 11.8. The Labute approximate surface area is 96.9 Å². The lowest BCUT2D eigenvalue weighted by Gasteiger charge is -2.30. The normalized spacial score (nSPS) is 25.4. The summed E-state index contributed by atoms with van der Waals surface area (Å²) in [6, 6.07) is 0.399. The smallest absolute Gasteiger partial charge is 0.249 e. The van der Waals surface area contributed by atoms with E-state index in [0.29, 0.717) is 12.6 Å². The fourth-order valence-corrected chi connectivity index (χ4v) is 2.36. The van der Waals surface area contributed by atoms with Crippen LogP contribution in [0.5, 0.6) is 0 Å². The fourth-order valence-electron chi connectivity index (χ4n) is 2.36. The highest BCUT2D eigenvalue weighted by Gasteiger charge is 2.37. The maximum Gasteiger partial charge on any atom is 0.249 e. The van der Waals surface area contributed by atoms with Crippen LogP contribution in [0.1, 0.15) is 45.4 Å². The molecule has 16 heavy (non-hydrogen) atoms. The van der Waals surface area contributed by atoms with Crippen LogP contribution >= 0.6 is 0 Å². The number of hydrogen-bond acceptors (Lipinski definition) is 3. The fraction of sp³-hybridized carbons (Fsp3) is 0.917. The second kappa shape index (κ2) is 4.72. The van der Waals surface area contributed by atoms with Gasteiger partial charge in [0, 0.05) is 12.6 Å². The van der Waals surface area contributed by atoms with Crippen molar-refractivity contribution in [1.29, 1.82) is 0 Å². The number of ether oxygens (including phenoxy) is 1. The molecule has 92 valence electrons. The van der Waals surface area contributed by atoms with Gasteiger partial charge >= 0.3 is 0 Å². The van der Waals surface area contributed by atoms with Gasteiger partial charge in [-0.1, -0.05) is 12.8 Å². The van der Waals surface area contributed by atoms with E-state index in [0.717, 1.165) is 38.5 Å². The first-order chi connectivity index (χ1) is 7.65. The van der Waals surface area contributed by atoms with Crippen LogP contribution in [-0.2, 0) is 9.53 Å². The summed E-state index contributed by atoms with van der Waals surface area (Å²) in [6.45, 7) is 2.35. The van der Waals surface area contributed by atoms with E-state index in [2.05, 4.69) is 5.32 Å². The first-order valence-electron chi connectivity index (χ1n) is 6.33. The Morgan fingerprint density at radius 3 is 2.62 bits per heavy atom. The molecule has 2 aliphatic carbocycles. The van der Waals surface area contributed by atoms with Crippen LogP contribution in [-0.4, -0.2) is 30.2 Å². The van der Waals surface area contributed by atoms with E-state index in [9.17, 15) is 4.79 Å². The molecule has 1 atom stereocenters. The summed E-state index contributed by atoms with van der Waals surface area (Å²) in [5, 5.41) is 2.96. The Kier molecular flexibility index (Phi) is 3.50. The zero-order chi connectivity index (χ0) is 11.6. The van der Waals surface area contributed by atoms with Crippen LogP contribution in [0.3, 0.4) is 0 Å². The Morgan fingerprint density at radius 2 is 2.12 bits per heavy atom. The molecule has 0 spiro atoms. The molecule has 1 unspecified atom stereocenters. The topological polar surface area (TPSA) is 64.3 Å². The molecule has 0 bridgehead atoms. The quantitative estimate of drug-likeness (QED) is 0.733. The number of hydrogen-bond donors (Lipinski definition) is 2. The molecule has 0 aromatic carbocycles. The third-order valence-electron chi connectivity index (χ3n) is 3.61. The van der Waals surface area contributed by atoms with Crippen LogP contribution in [0.25, 0.3) is 0 Å². The largest absolute Gasteiger partial charge is 0.361 e. The van der Waals surface area contributed by atoms with Crippen LogP contribution in [0.4, 0.5) is 0 Å². The minimum absolute atomic E-state index is 0.0159. The molecule has 2 aliphatic rings. The van der Waals surface area contributed by atoms with Gasteiger partial charge in [-0.25, -0.2) is 0 Å². The second-order valence-corrected chi connectivity index (χ2v) is 5.14. The van der Waals surface area contributed by atoms with Crippen molar-refractivity contribution in [1.82, 2.24) is 5.32 Å². The van der Waals surface area contributed by atoms with Crippen molar-refractivity contribution in [3.8, 4) is 0 Å². The maximum absolute atomic E-state index is 11.8. The molecular formula is C12H22N2O2. The number of nitrogens with two attached hydrogens (primary N) is 1. The van der Waals surface area contributed by atoms with Gasteiger partial charge in [-0.15, -0.1) is 0 Å². The van der Waals surface area contributed by atoms with E-state index in [1.54, 1.807) is 0 Å². The van der Waals surface area contributed by atoms with Crippen molar-refractivity contribution >= 4 is 5.91 Å². The Morgan fingerprint density at radius 1 is 1.50 bits per heavy atom. The zero-order valence-corrected chi connectivity index (χ0v) is 10.00. The molecule has 1 amide bonds. The summed E-state index contributed by atoms with van der Waals surface area (Å²) in [5.41, 5.74) is 5.54. The molecule has 0 aliphatic heterocycles. The third kappa shape index (κ3) is 2.74.